The Morgan fingerprint density at radius 1 is 1.10 bits per heavy atom. The van der Waals surface area contributed by atoms with Crippen LogP contribution in [0.2, 0.25) is 0 Å². The molecule has 20 heavy (non-hydrogen) atoms. The SMILES string of the molecule is CNCC=Cc1ccc(OCc2ccccc2F)cc1. The normalized spacial score (nSPS) is 10.9. The van der Waals surface area contributed by atoms with Crippen LogP contribution < -0.4 is 10.1 Å². The smallest absolute Gasteiger partial charge is 0.129 e. The molecule has 0 aliphatic rings. The zero-order valence-electron chi connectivity index (χ0n) is 11.5. The van der Waals surface area contributed by atoms with Gasteiger partial charge in [-0.3, -0.25) is 0 Å². The van der Waals surface area contributed by atoms with Crippen molar-refractivity contribution in [3.63, 3.8) is 0 Å². The largest absolute Gasteiger partial charge is 0.489 e. The Bertz CT molecular complexity index is 563. The molecular weight excluding hydrogens is 253 g/mol. The molecule has 0 fully saturated rings. The molecule has 0 unspecified atom stereocenters. The van der Waals surface area contributed by atoms with Gasteiger partial charge in [0, 0.05) is 12.1 Å². The van der Waals surface area contributed by atoms with Gasteiger partial charge in [0.25, 0.3) is 0 Å². The molecule has 2 nitrogen and oxygen atoms in total. The second kappa shape index (κ2) is 7.46. The number of ether oxygens (including phenoxy) is 1. The van der Waals surface area contributed by atoms with Crippen molar-refractivity contribution in [1.82, 2.24) is 5.32 Å². The molecule has 0 aromatic heterocycles. The highest BCUT2D eigenvalue weighted by Gasteiger charge is 2.01. The van der Waals surface area contributed by atoms with E-state index in [0.29, 0.717) is 5.56 Å². The van der Waals surface area contributed by atoms with Crippen molar-refractivity contribution in [2.24, 2.45) is 0 Å². The van der Waals surface area contributed by atoms with Gasteiger partial charge >= 0.3 is 0 Å². The summed E-state index contributed by atoms with van der Waals surface area (Å²) in [5.74, 6) is 0.498. The molecular formula is C17H18FNO. The zero-order valence-corrected chi connectivity index (χ0v) is 11.5. The highest BCUT2D eigenvalue weighted by atomic mass is 19.1. The van der Waals surface area contributed by atoms with E-state index in [-0.39, 0.29) is 12.4 Å². The van der Waals surface area contributed by atoms with E-state index in [1.807, 2.05) is 37.4 Å². The highest BCUT2D eigenvalue weighted by Crippen LogP contribution is 2.16. The van der Waals surface area contributed by atoms with Crippen LogP contribution >= 0.6 is 0 Å². The van der Waals surface area contributed by atoms with E-state index in [4.69, 9.17) is 4.74 Å². The summed E-state index contributed by atoms with van der Waals surface area (Å²) in [5, 5.41) is 3.05. The number of nitrogens with one attached hydrogen (secondary N) is 1. The number of likely N-dealkylation sites (N-methyl/N-ethyl adjacent to an activating group) is 1. The molecule has 0 spiro atoms. The van der Waals surface area contributed by atoms with E-state index in [0.717, 1.165) is 17.9 Å². The molecule has 0 amide bonds. The van der Waals surface area contributed by atoms with E-state index in [9.17, 15) is 4.39 Å². The lowest BCUT2D eigenvalue weighted by Crippen LogP contribution is -2.03. The maximum Gasteiger partial charge on any atom is 0.129 e. The second-order valence-electron chi connectivity index (χ2n) is 4.41. The molecule has 0 aliphatic heterocycles. The first-order valence-electron chi connectivity index (χ1n) is 6.57. The number of hydrogen-bond donors (Lipinski definition) is 1. The first kappa shape index (κ1) is 14.3. The Kier molecular flexibility index (Phi) is 5.33. The Morgan fingerprint density at radius 2 is 1.85 bits per heavy atom. The van der Waals surface area contributed by atoms with E-state index in [1.165, 1.54) is 6.07 Å². The summed E-state index contributed by atoms with van der Waals surface area (Å²) in [7, 11) is 1.91. The summed E-state index contributed by atoms with van der Waals surface area (Å²) in [4.78, 5) is 0. The Balaban J connectivity index is 1.92. The van der Waals surface area contributed by atoms with Crippen LogP contribution in [0.1, 0.15) is 11.1 Å². The van der Waals surface area contributed by atoms with Gasteiger partial charge < -0.3 is 10.1 Å². The molecule has 2 rings (SSSR count). The third-order valence-corrected chi connectivity index (χ3v) is 2.86. The highest BCUT2D eigenvalue weighted by molar-refractivity contribution is 5.50. The molecule has 0 radical (unpaired) electrons. The minimum absolute atomic E-state index is 0.237. The topological polar surface area (TPSA) is 21.3 Å². The van der Waals surface area contributed by atoms with Crippen LogP contribution in [0.5, 0.6) is 5.75 Å². The van der Waals surface area contributed by atoms with Gasteiger partial charge in [0.1, 0.15) is 18.2 Å². The van der Waals surface area contributed by atoms with Crippen LogP contribution in [-0.2, 0) is 6.61 Å². The molecule has 3 heteroatoms. The minimum atomic E-state index is -0.237. The lowest BCUT2D eigenvalue weighted by atomic mass is 10.2. The van der Waals surface area contributed by atoms with E-state index >= 15 is 0 Å². The number of rotatable bonds is 6. The van der Waals surface area contributed by atoms with Gasteiger partial charge in [-0.1, -0.05) is 42.5 Å². The molecule has 0 heterocycles. The molecule has 0 saturated carbocycles. The minimum Gasteiger partial charge on any atom is -0.489 e. The Hall–Kier alpha value is -2.13. The van der Waals surface area contributed by atoms with Crippen LogP contribution in [-0.4, -0.2) is 13.6 Å². The third-order valence-electron chi connectivity index (χ3n) is 2.86. The molecule has 104 valence electrons. The van der Waals surface area contributed by atoms with Gasteiger partial charge in [-0.2, -0.15) is 0 Å². The van der Waals surface area contributed by atoms with E-state index in [1.54, 1.807) is 18.2 Å². The Labute approximate surface area is 118 Å². The van der Waals surface area contributed by atoms with Crippen molar-refractivity contribution in [3.8, 4) is 5.75 Å². The van der Waals surface area contributed by atoms with Gasteiger partial charge in [-0.05, 0) is 30.8 Å². The third kappa shape index (κ3) is 4.21. The zero-order chi connectivity index (χ0) is 14.2. The second-order valence-corrected chi connectivity index (χ2v) is 4.41. The van der Waals surface area contributed by atoms with Gasteiger partial charge in [0.15, 0.2) is 0 Å². The van der Waals surface area contributed by atoms with Crippen molar-refractivity contribution < 1.29 is 9.13 Å². The molecule has 1 N–H and O–H groups in total. The van der Waals surface area contributed by atoms with Crippen molar-refractivity contribution >= 4 is 6.08 Å². The first-order valence-corrected chi connectivity index (χ1v) is 6.57. The van der Waals surface area contributed by atoms with Crippen LogP contribution in [0.4, 0.5) is 4.39 Å². The first-order chi connectivity index (χ1) is 9.79. The predicted molar refractivity (Wildman–Crippen MR) is 80.1 cm³/mol. The van der Waals surface area contributed by atoms with Crippen LogP contribution in [0.15, 0.2) is 54.6 Å². The van der Waals surface area contributed by atoms with Gasteiger partial charge in [-0.15, -0.1) is 0 Å². The molecule has 0 atom stereocenters. The summed E-state index contributed by atoms with van der Waals surface area (Å²) in [6.07, 6.45) is 4.09. The summed E-state index contributed by atoms with van der Waals surface area (Å²) in [6, 6.07) is 14.4. The van der Waals surface area contributed by atoms with Gasteiger partial charge in [-0.25, -0.2) is 4.39 Å². The van der Waals surface area contributed by atoms with E-state index < -0.39 is 0 Å². The monoisotopic (exact) mass is 271 g/mol. The molecule has 2 aromatic rings. The maximum atomic E-state index is 13.4. The predicted octanol–water partition coefficient (Wildman–Crippen LogP) is 3.64. The summed E-state index contributed by atoms with van der Waals surface area (Å²) >= 11 is 0. The summed E-state index contributed by atoms with van der Waals surface area (Å²) in [6.45, 7) is 1.08. The fraction of sp³-hybridized carbons (Fsp3) is 0.176. The molecule has 0 aliphatic carbocycles. The summed E-state index contributed by atoms with van der Waals surface area (Å²) in [5.41, 5.74) is 1.67. The number of hydrogen-bond acceptors (Lipinski definition) is 2. The summed E-state index contributed by atoms with van der Waals surface area (Å²) < 4.78 is 19.0. The van der Waals surface area contributed by atoms with Crippen molar-refractivity contribution in [3.05, 3.63) is 71.6 Å². The van der Waals surface area contributed by atoms with Crippen molar-refractivity contribution in [1.29, 1.82) is 0 Å². The van der Waals surface area contributed by atoms with Gasteiger partial charge in [0.05, 0.1) is 0 Å². The molecule has 0 bridgehead atoms. The Morgan fingerprint density at radius 3 is 2.55 bits per heavy atom. The quantitative estimate of drug-likeness (QED) is 0.866. The lowest BCUT2D eigenvalue weighted by Gasteiger charge is -2.07. The number of benzene rings is 2. The average molecular weight is 271 g/mol. The molecule has 0 saturated heterocycles. The van der Waals surface area contributed by atoms with Crippen molar-refractivity contribution in [2.75, 3.05) is 13.6 Å². The van der Waals surface area contributed by atoms with Gasteiger partial charge in [0.2, 0.25) is 0 Å². The fourth-order valence-electron chi connectivity index (χ4n) is 1.76. The standard InChI is InChI=1S/C17H18FNO/c1-19-12-4-5-14-8-10-16(11-9-14)20-13-15-6-2-3-7-17(15)18/h2-11,19H,12-13H2,1H3. The lowest BCUT2D eigenvalue weighted by molar-refractivity contribution is 0.300. The van der Waals surface area contributed by atoms with Crippen LogP contribution in [0.25, 0.3) is 6.08 Å². The fourth-order valence-corrected chi connectivity index (χ4v) is 1.76. The molecule has 2 aromatic carbocycles. The number of halogens is 1. The maximum absolute atomic E-state index is 13.4. The van der Waals surface area contributed by atoms with Crippen LogP contribution in [0, 0.1) is 5.82 Å². The van der Waals surface area contributed by atoms with Crippen LogP contribution in [0.3, 0.4) is 0 Å². The van der Waals surface area contributed by atoms with E-state index in [2.05, 4.69) is 11.4 Å². The average Bonchev–Trinajstić information content (AvgIpc) is 2.48. The van der Waals surface area contributed by atoms with Crippen molar-refractivity contribution in [2.45, 2.75) is 6.61 Å².